The van der Waals surface area contributed by atoms with Crippen LogP contribution in [0, 0.1) is 0 Å². The van der Waals surface area contributed by atoms with E-state index >= 15 is 0 Å². The molecule has 0 atom stereocenters. The molecule has 0 fully saturated rings. The van der Waals surface area contributed by atoms with Crippen molar-refractivity contribution in [1.29, 1.82) is 0 Å². The van der Waals surface area contributed by atoms with Crippen molar-refractivity contribution < 1.29 is 5.21 Å². The molecule has 0 saturated carbocycles. The van der Waals surface area contributed by atoms with Crippen LogP contribution in [0.2, 0.25) is 10.0 Å². The first-order chi connectivity index (χ1) is 9.19. The van der Waals surface area contributed by atoms with Crippen LogP contribution in [0.1, 0.15) is 24.2 Å². The highest BCUT2D eigenvalue weighted by atomic mass is 35.5. The second-order valence-electron chi connectivity index (χ2n) is 4.28. The number of oxime groups is 1. The smallest absolute Gasteiger partial charge is 0.134 e. The summed E-state index contributed by atoms with van der Waals surface area (Å²) in [6.07, 6.45) is 2.45. The lowest BCUT2D eigenvalue weighted by Gasteiger charge is -2.07. The molecular formula is C12H10Cl2N4O. The van der Waals surface area contributed by atoms with Crippen molar-refractivity contribution in [1.82, 2.24) is 15.0 Å². The van der Waals surface area contributed by atoms with E-state index in [1.165, 1.54) is 4.80 Å². The Hall–Kier alpha value is -1.59. The molecule has 0 radical (unpaired) electrons. The molecule has 0 spiro atoms. The van der Waals surface area contributed by atoms with Gasteiger partial charge in [-0.1, -0.05) is 28.4 Å². The summed E-state index contributed by atoms with van der Waals surface area (Å²) in [5.41, 5.74) is 2.79. The van der Waals surface area contributed by atoms with Gasteiger partial charge in [-0.2, -0.15) is 9.90 Å². The summed E-state index contributed by atoms with van der Waals surface area (Å²) < 4.78 is 0. The summed E-state index contributed by atoms with van der Waals surface area (Å²) in [6, 6.07) is 5.18. The lowest BCUT2D eigenvalue weighted by Crippen LogP contribution is -2.11. The minimum atomic E-state index is 0.450. The highest BCUT2D eigenvalue weighted by Crippen LogP contribution is 2.25. The lowest BCUT2D eigenvalue weighted by atomic mass is 9.99. The first-order valence-corrected chi connectivity index (χ1v) is 6.57. The van der Waals surface area contributed by atoms with Gasteiger partial charge in [0.05, 0.1) is 21.4 Å². The number of hydrogen-bond acceptors (Lipinski definition) is 4. The molecule has 1 N–H and O–H groups in total. The predicted octanol–water partition coefficient (Wildman–Crippen LogP) is 3.09. The molecule has 0 bridgehead atoms. The average molecular weight is 297 g/mol. The van der Waals surface area contributed by atoms with Crippen molar-refractivity contribution in [3.05, 3.63) is 39.6 Å². The van der Waals surface area contributed by atoms with Gasteiger partial charge < -0.3 is 5.21 Å². The maximum Gasteiger partial charge on any atom is 0.134 e. The maximum atomic E-state index is 8.97. The Kier molecular flexibility index (Phi) is 3.16. The van der Waals surface area contributed by atoms with Crippen molar-refractivity contribution in [2.45, 2.75) is 19.3 Å². The summed E-state index contributed by atoms with van der Waals surface area (Å²) in [5.74, 6) is 0. The normalized spacial score (nSPS) is 16.6. The number of benzene rings is 1. The molecule has 1 aromatic heterocycles. The Morgan fingerprint density at radius 3 is 2.74 bits per heavy atom. The third-order valence-electron chi connectivity index (χ3n) is 3.04. The fraction of sp³-hybridized carbons (Fsp3) is 0.250. The van der Waals surface area contributed by atoms with Crippen LogP contribution in [-0.4, -0.2) is 25.9 Å². The van der Waals surface area contributed by atoms with Crippen LogP contribution in [-0.2, 0) is 6.42 Å². The van der Waals surface area contributed by atoms with Gasteiger partial charge in [-0.3, -0.25) is 0 Å². The molecule has 0 unspecified atom stereocenters. The molecular weight excluding hydrogens is 287 g/mol. The van der Waals surface area contributed by atoms with E-state index in [-0.39, 0.29) is 0 Å². The number of halogens is 2. The van der Waals surface area contributed by atoms with Gasteiger partial charge in [-0.15, -0.1) is 5.10 Å². The van der Waals surface area contributed by atoms with E-state index in [4.69, 9.17) is 28.4 Å². The van der Waals surface area contributed by atoms with Crippen LogP contribution >= 0.6 is 23.2 Å². The fourth-order valence-corrected chi connectivity index (χ4v) is 2.39. The minimum Gasteiger partial charge on any atom is -0.411 e. The fourth-order valence-electron chi connectivity index (χ4n) is 2.09. The molecule has 1 aromatic carbocycles. The van der Waals surface area contributed by atoms with Gasteiger partial charge in [0, 0.05) is 0 Å². The van der Waals surface area contributed by atoms with Gasteiger partial charge in [-0.25, -0.2) is 0 Å². The molecule has 7 heteroatoms. The van der Waals surface area contributed by atoms with Crippen molar-refractivity contribution in [3.63, 3.8) is 0 Å². The topological polar surface area (TPSA) is 63.3 Å². The van der Waals surface area contributed by atoms with Crippen LogP contribution in [0.4, 0.5) is 0 Å². The molecule has 98 valence electrons. The summed E-state index contributed by atoms with van der Waals surface area (Å²) in [7, 11) is 0. The molecule has 0 saturated heterocycles. The Labute approximate surface area is 119 Å². The Morgan fingerprint density at radius 1 is 1.16 bits per heavy atom. The van der Waals surface area contributed by atoms with E-state index in [1.54, 1.807) is 18.2 Å². The second kappa shape index (κ2) is 4.83. The Balaban J connectivity index is 2.07. The number of fused-ring (bicyclic) bond motifs is 1. The highest BCUT2D eigenvalue weighted by molar-refractivity contribution is 6.42. The third kappa shape index (κ3) is 2.19. The number of aryl methyl sites for hydroxylation is 1. The van der Waals surface area contributed by atoms with Crippen LogP contribution in [0.3, 0.4) is 0 Å². The third-order valence-corrected chi connectivity index (χ3v) is 3.78. The van der Waals surface area contributed by atoms with Gasteiger partial charge in [0.2, 0.25) is 0 Å². The number of rotatable bonds is 1. The summed E-state index contributed by atoms with van der Waals surface area (Å²) >= 11 is 11.9. The highest BCUT2D eigenvalue weighted by Gasteiger charge is 2.22. The first kappa shape index (κ1) is 12.4. The standard InChI is InChI=1S/C12H10Cl2N4O/c13-8-5-4-7(6-9(8)14)18-15-10-2-1-3-11(17-19)12(10)16-18/h4-6,19H,1-3H2. The predicted molar refractivity (Wildman–Crippen MR) is 72.6 cm³/mol. The van der Waals surface area contributed by atoms with Crippen molar-refractivity contribution in [2.75, 3.05) is 0 Å². The quantitative estimate of drug-likeness (QED) is 0.650. The molecule has 19 heavy (non-hydrogen) atoms. The van der Waals surface area contributed by atoms with Crippen molar-refractivity contribution in [2.24, 2.45) is 5.16 Å². The summed E-state index contributed by atoms with van der Waals surface area (Å²) in [5, 5.41) is 21.9. The van der Waals surface area contributed by atoms with Gasteiger partial charge in [0.25, 0.3) is 0 Å². The molecule has 2 aromatic rings. The van der Waals surface area contributed by atoms with Crippen LogP contribution < -0.4 is 0 Å². The largest absolute Gasteiger partial charge is 0.411 e. The zero-order chi connectivity index (χ0) is 13.4. The first-order valence-electron chi connectivity index (χ1n) is 5.82. The molecule has 3 rings (SSSR count). The zero-order valence-electron chi connectivity index (χ0n) is 9.85. The summed E-state index contributed by atoms with van der Waals surface area (Å²) in [6.45, 7) is 0. The van der Waals surface area contributed by atoms with E-state index in [0.29, 0.717) is 27.9 Å². The van der Waals surface area contributed by atoms with Gasteiger partial charge in [0.15, 0.2) is 0 Å². The number of hydrogen-bond donors (Lipinski definition) is 1. The van der Waals surface area contributed by atoms with E-state index in [9.17, 15) is 0 Å². The molecule has 5 nitrogen and oxygen atoms in total. The van der Waals surface area contributed by atoms with Crippen molar-refractivity contribution >= 4 is 28.9 Å². The van der Waals surface area contributed by atoms with E-state index in [2.05, 4.69) is 15.4 Å². The monoisotopic (exact) mass is 296 g/mol. The SMILES string of the molecule is ON=C1CCCc2nn(-c3ccc(Cl)c(Cl)c3)nc21. The lowest BCUT2D eigenvalue weighted by molar-refractivity contribution is 0.317. The Morgan fingerprint density at radius 2 is 2.00 bits per heavy atom. The number of aromatic nitrogens is 3. The molecule has 1 aliphatic rings. The van der Waals surface area contributed by atoms with E-state index in [0.717, 1.165) is 24.2 Å². The zero-order valence-corrected chi connectivity index (χ0v) is 11.4. The summed E-state index contributed by atoms with van der Waals surface area (Å²) in [4.78, 5) is 1.49. The van der Waals surface area contributed by atoms with Crippen molar-refractivity contribution in [3.8, 4) is 5.69 Å². The van der Waals surface area contributed by atoms with E-state index in [1.807, 2.05) is 0 Å². The second-order valence-corrected chi connectivity index (χ2v) is 5.10. The minimum absolute atomic E-state index is 0.450. The van der Waals surface area contributed by atoms with Gasteiger partial charge in [-0.05, 0) is 37.5 Å². The Bertz CT molecular complexity index is 666. The van der Waals surface area contributed by atoms with Gasteiger partial charge >= 0.3 is 0 Å². The van der Waals surface area contributed by atoms with Crippen LogP contribution in [0.15, 0.2) is 23.4 Å². The number of nitrogens with zero attached hydrogens (tertiary/aromatic N) is 4. The average Bonchev–Trinajstić information content (AvgIpc) is 2.85. The van der Waals surface area contributed by atoms with Gasteiger partial charge in [0.1, 0.15) is 11.4 Å². The maximum absolute atomic E-state index is 8.97. The molecule has 1 aliphatic carbocycles. The molecule has 1 heterocycles. The van der Waals surface area contributed by atoms with Crippen LogP contribution in [0.25, 0.3) is 5.69 Å². The van der Waals surface area contributed by atoms with Crippen LogP contribution in [0.5, 0.6) is 0 Å². The molecule has 0 amide bonds. The van der Waals surface area contributed by atoms with E-state index < -0.39 is 0 Å². The molecule has 0 aliphatic heterocycles.